The van der Waals surface area contributed by atoms with E-state index in [1.165, 1.54) is 18.9 Å². The largest absolute Gasteiger partial charge is 0.453 e. The highest BCUT2D eigenvalue weighted by Crippen LogP contribution is 2.15. The third kappa shape index (κ3) is 2.06. The lowest BCUT2D eigenvalue weighted by molar-refractivity contribution is 0.186. The molecule has 1 amide bonds. The van der Waals surface area contributed by atoms with E-state index in [1.807, 2.05) is 6.26 Å². The summed E-state index contributed by atoms with van der Waals surface area (Å²) in [5.41, 5.74) is 1.16. The molecule has 0 atom stereocenters. The summed E-state index contributed by atoms with van der Waals surface area (Å²) in [4.78, 5) is 26.1. The number of carbonyl (C=O) groups is 1. The highest BCUT2D eigenvalue weighted by Gasteiger charge is 2.08. The van der Waals surface area contributed by atoms with E-state index in [1.54, 1.807) is 6.20 Å². The monoisotopic (exact) mass is 239 g/mol. The van der Waals surface area contributed by atoms with Crippen molar-refractivity contribution in [2.24, 2.45) is 0 Å². The van der Waals surface area contributed by atoms with Crippen LogP contribution in [0.15, 0.2) is 11.4 Å². The first-order chi connectivity index (χ1) is 7.72. The van der Waals surface area contributed by atoms with Crippen LogP contribution in [-0.4, -0.2) is 39.4 Å². The normalized spacial score (nSPS) is 10.4. The van der Waals surface area contributed by atoms with Crippen LogP contribution in [0.4, 0.5) is 10.7 Å². The number of ether oxygens (including phenoxy) is 1. The van der Waals surface area contributed by atoms with Crippen molar-refractivity contribution in [3.63, 3.8) is 0 Å². The number of nitrogens with one attached hydrogen (secondary N) is 2. The molecule has 84 valence electrons. The molecule has 2 rings (SSSR count). The topological polar surface area (TPSA) is 92.8 Å². The second kappa shape index (κ2) is 4.35. The Kier molecular flexibility index (Phi) is 2.91. The van der Waals surface area contributed by atoms with Gasteiger partial charge in [-0.3, -0.25) is 5.32 Å². The molecule has 8 heteroatoms. The van der Waals surface area contributed by atoms with Crippen LogP contribution in [0.2, 0.25) is 0 Å². The molecule has 7 nitrogen and oxygen atoms in total. The Labute approximate surface area is 95.0 Å². The first-order valence-corrected chi connectivity index (χ1v) is 5.57. The number of thioether (sulfide) groups is 1. The Morgan fingerprint density at radius 3 is 3.06 bits per heavy atom. The van der Waals surface area contributed by atoms with E-state index in [2.05, 4.69) is 30.0 Å². The molecule has 0 bridgehead atoms. The summed E-state index contributed by atoms with van der Waals surface area (Å²) in [6, 6.07) is 0. The SMILES string of the molecule is COC(=O)Nc1nc2nc(SC)ncc2[nH]1. The van der Waals surface area contributed by atoms with Crippen molar-refractivity contribution in [3.8, 4) is 0 Å². The van der Waals surface area contributed by atoms with Crippen LogP contribution in [0.5, 0.6) is 0 Å². The van der Waals surface area contributed by atoms with Gasteiger partial charge in [-0.2, -0.15) is 4.98 Å². The Hall–Kier alpha value is -1.83. The van der Waals surface area contributed by atoms with E-state index in [0.717, 1.165) is 0 Å². The molecule has 0 aliphatic carbocycles. The summed E-state index contributed by atoms with van der Waals surface area (Å²) in [5, 5.41) is 3.04. The number of aromatic amines is 1. The van der Waals surface area contributed by atoms with Crippen LogP contribution in [0.25, 0.3) is 11.2 Å². The minimum Gasteiger partial charge on any atom is -0.453 e. The fourth-order valence-electron chi connectivity index (χ4n) is 1.10. The molecule has 0 spiro atoms. The summed E-state index contributed by atoms with van der Waals surface area (Å²) >= 11 is 1.42. The molecule has 0 saturated carbocycles. The molecule has 16 heavy (non-hydrogen) atoms. The van der Waals surface area contributed by atoms with Crippen LogP contribution >= 0.6 is 11.8 Å². The predicted octanol–water partition coefficient (Wildman–Crippen LogP) is 1.25. The lowest BCUT2D eigenvalue weighted by atomic mass is 10.6. The van der Waals surface area contributed by atoms with Crippen molar-refractivity contribution < 1.29 is 9.53 Å². The van der Waals surface area contributed by atoms with Gasteiger partial charge in [0, 0.05) is 0 Å². The number of imidazole rings is 1. The Bertz CT molecular complexity index is 526. The third-order valence-corrected chi connectivity index (χ3v) is 2.37. The fourth-order valence-corrected chi connectivity index (χ4v) is 1.43. The van der Waals surface area contributed by atoms with E-state index in [-0.39, 0.29) is 5.95 Å². The Balaban J connectivity index is 2.32. The van der Waals surface area contributed by atoms with Crippen molar-refractivity contribution in [2.45, 2.75) is 5.16 Å². The van der Waals surface area contributed by atoms with Gasteiger partial charge in [-0.05, 0) is 6.26 Å². The maximum atomic E-state index is 10.9. The first kappa shape index (κ1) is 10.7. The first-order valence-electron chi connectivity index (χ1n) is 4.34. The molecule has 0 aromatic carbocycles. The van der Waals surface area contributed by atoms with Gasteiger partial charge in [0.05, 0.1) is 13.3 Å². The number of rotatable bonds is 2. The van der Waals surface area contributed by atoms with Crippen molar-refractivity contribution in [1.82, 2.24) is 19.9 Å². The van der Waals surface area contributed by atoms with Gasteiger partial charge in [0.2, 0.25) is 5.95 Å². The molecule has 0 fully saturated rings. The van der Waals surface area contributed by atoms with Crippen LogP contribution in [0.3, 0.4) is 0 Å². The molecule has 0 radical (unpaired) electrons. The number of aromatic nitrogens is 4. The maximum Gasteiger partial charge on any atom is 0.413 e. The predicted molar refractivity (Wildman–Crippen MR) is 59.5 cm³/mol. The number of nitrogens with zero attached hydrogens (tertiary/aromatic N) is 3. The Morgan fingerprint density at radius 1 is 1.56 bits per heavy atom. The summed E-state index contributed by atoms with van der Waals surface area (Å²) in [6.45, 7) is 0. The highest BCUT2D eigenvalue weighted by molar-refractivity contribution is 7.98. The zero-order chi connectivity index (χ0) is 11.5. The molecule has 2 N–H and O–H groups in total. The van der Waals surface area contributed by atoms with E-state index < -0.39 is 6.09 Å². The second-order valence-electron chi connectivity index (χ2n) is 2.80. The number of carbonyl (C=O) groups excluding carboxylic acids is 1. The van der Waals surface area contributed by atoms with Crippen molar-refractivity contribution in [3.05, 3.63) is 6.20 Å². The van der Waals surface area contributed by atoms with Crippen molar-refractivity contribution >= 4 is 35.0 Å². The molecule has 2 aromatic heterocycles. The minimum atomic E-state index is -0.586. The van der Waals surface area contributed by atoms with Crippen LogP contribution in [0, 0.1) is 0 Å². The number of hydrogen-bond acceptors (Lipinski definition) is 6. The van der Waals surface area contributed by atoms with Crippen molar-refractivity contribution in [1.29, 1.82) is 0 Å². The second-order valence-corrected chi connectivity index (χ2v) is 3.57. The standard InChI is InChI=1S/C8H9N5O2S/c1-15-8(14)13-6-10-4-3-9-7(16-2)12-5(4)11-6/h3H,1-2H3,(H2,9,10,11,12,13,14). The summed E-state index contributed by atoms with van der Waals surface area (Å²) < 4.78 is 4.44. The van der Waals surface area contributed by atoms with Gasteiger partial charge in [0.25, 0.3) is 0 Å². The van der Waals surface area contributed by atoms with E-state index >= 15 is 0 Å². The lowest BCUT2D eigenvalue weighted by Gasteiger charge is -1.96. The lowest BCUT2D eigenvalue weighted by Crippen LogP contribution is -2.11. The molecular formula is C8H9N5O2S. The zero-order valence-corrected chi connectivity index (χ0v) is 9.46. The number of hydrogen-bond donors (Lipinski definition) is 2. The summed E-state index contributed by atoms with van der Waals surface area (Å²) in [6.07, 6.45) is 2.91. The van der Waals surface area contributed by atoms with Crippen LogP contribution in [-0.2, 0) is 4.74 Å². The number of anilines is 1. The zero-order valence-electron chi connectivity index (χ0n) is 8.64. The van der Waals surface area contributed by atoms with E-state index in [4.69, 9.17) is 0 Å². The quantitative estimate of drug-likeness (QED) is 0.605. The van der Waals surface area contributed by atoms with Gasteiger partial charge >= 0.3 is 6.09 Å². The molecule has 0 aliphatic rings. The van der Waals surface area contributed by atoms with Gasteiger partial charge in [-0.1, -0.05) is 11.8 Å². The van der Waals surface area contributed by atoms with Gasteiger partial charge in [-0.25, -0.2) is 14.8 Å². The molecule has 0 aliphatic heterocycles. The molecular weight excluding hydrogens is 230 g/mol. The van der Waals surface area contributed by atoms with Gasteiger partial charge in [0.15, 0.2) is 10.8 Å². The maximum absolute atomic E-state index is 10.9. The Morgan fingerprint density at radius 2 is 2.38 bits per heavy atom. The molecule has 0 saturated heterocycles. The van der Waals surface area contributed by atoms with Crippen LogP contribution < -0.4 is 5.32 Å². The fraction of sp³-hybridized carbons (Fsp3) is 0.250. The molecule has 2 aromatic rings. The number of methoxy groups -OCH3 is 1. The third-order valence-electron chi connectivity index (χ3n) is 1.81. The average molecular weight is 239 g/mol. The van der Waals surface area contributed by atoms with E-state index in [0.29, 0.717) is 16.3 Å². The summed E-state index contributed by atoms with van der Waals surface area (Å²) in [5.74, 6) is 0.286. The van der Waals surface area contributed by atoms with E-state index in [9.17, 15) is 4.79 Å². The van der Waals surface area contributed by atoms with Gasteiger partial charge < -0.3 is 9.72 Å². The number of fused-ring (bicyclic) bond motifs is 1. The van der Waals surface area contributed by atoms with Gasteiger partial charge in [0.1, 0.15) is 5.52 Å². The molecule has 2 heterocycles. The van der Waals surface area contributed by atoms with Crippen LogP contribution in [0.1, 0.15) is 0 Å². The van der Waals surface area contributed by atoms with Crippen molar-refractivity contribution in [2.75, 3.05) is 18.7 Å². The number of amides is 1. The minimum absolute atomic E-state index is 0.286. The number of H-pyrrole nitrogens is 1. The molecule has 0 unspecified atom stereocenters. The average Bonchev–Trinajstić information content (AvgIpc) is 2.69. The summed E-state index contributed by atoms with van der Waals surface area (Å²) in [7, 11) is 1.28. The van der Waals surface area contributed by atoms with Gasteiger partial charge in [-0.15, -0.1) is 0 Å². The highest BCUT2D eigenvalue weighted by atomic mass is 32.2. The smallest absolute Gasteiger partial charge is 0.413 e.